The van der Waals surface area contributed by atoms with Crippen molar-refractivity contribution < 1.29 is 37.4 Å². The first-order chi connectivity index (χ1) is 24.1. The summed E-state index contributed by atoms with van der Waals surface area (Å²) in [6, 6.07) is 4.15. The second-order valence-electron chi connectivity index (χ2n) is 14.9. The maximum atomic E-state index is 14.4. The van der Waals surface area contributed by atoms with Crippen molar-refractivity contribution >= 4 is 44.6 Å². The van der Waals surface area contributed by atoms with Gasteiger partial charge in [-0.3, -0.25) is 23.9 Å². The molecule has 4 amide bonds. The monoisotopic (exact) mass is 726 g/mol. The molecule has 7 atom stereocenters. The van der Waals surface area contributed by atoms with Crippen molar-refractivity contribution in [2.45, 2.75) is 108 Å². The van der Waals surface area contributed by atoms with Crippen molar-refractivity contribution in [1.82, 2.24) is 30.0 Å². The van der Waals surface area contributed by atoms with Crippen LogP contribution < -0.4 is 25.7 Å². The van der Waals surface area contributed by atoms with Crippen LogP contribution in [0.2, 0.25) is 0 Å². The molecule has 2 aromatic rings. The number of carbonyl (C=O) groups is 4. The molecule has 4 N–H and O–H groups in total. The van der Waals surface area contributed by atoms with Gasteiger partial charge < -0.3 is 25.4 Å². The van der Waals surface area contributed by atoms with Gasteiger partial charge in [0.1, 0.15) is 23.7 Å². The number of benzene rings is 1. The third-order valence-corrected chi connectivity index (χ3v) is 12.3. The molecule has 51 heavy (non-hydrogen) atoms. The molecule has 0 spiro atoms. The van der Waals surface area contributed by atoms with Crippen LogP contribution in [0.4, 0.5) is 4.79 Å². The zero-order chi connectivity index (χ0) is 36.8. The highest BCUT2D eigenvalue weighted by Gasteiger charge is 2.62. The van der Waals surface area contributed by atoms with Gasteiger partial charge in [-0.15, -0.1) is 5.10 Å². The summed E-state index contributed by atoms with van der Waals surface area (Å²) in [4.78, 5) is 68.7. The Morgan fingerprint density at radius 1 is 1.08 bits per heavy atom. The van der Waals surface area contributed by atoms with Gasteiger partial charge in [0.05, 0.1) is 28.6 Å². The quantitative estimate of drug-likeness (QED) is 0.307. The van der Waals surface area contributed by atoms with Crippen molar-refractivity contribution in [3.63, 3.8) is 0 Å². The maximum absolute atomic E-state index is 14.4. The molecule has 1 saturated heterocycles. The van der Waals surface area contributed by atoms with E-state index in [1.165, 1.54) is 9.58 Å². The molecule has 1 aromatic heterocycles. The van der Waals surface area contributed by atoms with E-state index in [2.05, 4.69) is 20.5 Å². The number of hydrogen-bond donors (Lipinski definition) is 4. The molecule has 2 aliphatic carbocycles. The molecule has 0 radical (unpaired) electrons. The Hall–Kier alpha value is -4.47. The second-order valence-corrected chi connectivity index (χ2v) is 16.8. The molecule has 15 nitrogen and oxygen atoms in total. The molecule has 0 unspecified atom stereocenters. The molecule has 276 valence electrons. The van der Waals surface area contributed by atoms with Crippen LogP contribution in [0.1, 0.15) is 78.7 Å². The number of rotatable bonds is 7. The summed E-state index contributed by atoms with van der Waals surface area (Å²) in [6.07, 6.45) is 4.47. The van der Waals surface area contributed by atoms with Crippen LogP contribution in [0.25, 0.3) is 10.8 Å². The largest absolute Gasteiger partial charge is 0.471 e. The number of aromatic nitrogens is 2. The highest BCUT2D eigenvalue weighted by atomic mass is 32.2. The van der Waals surface area contributed by atoms with E-state index < -0.39 is 74.7 Å². The Balaban J connectivity index is 1.36. The Bertz CT molecular complexity index is 1930. The minimum absolute atomic E-state index is 0.0441. The summed E-state index contributed by atoms with van der Waals surface area (Å²) < 4.78 is 35.5. The standard InChI is InChI=1S/C35H46N6O9S/c1-19(2)41-31(43)26-12-8-7-11-25(26)30(38-41)50-23-16-27-29(42)37-35(33(45)39-51(48,49)24-13-14-24)17-22(35)10-6-5-9-20(3)15-21(4)28(36-34(46)47)32(44)40(27)18-23/h6-8,10-12,19-24,27-28,36H,5,9,13-18H2,1-4H3,(H,37,42)(H,39,45)(H,46,47)/t20-,21-,22-,23-,27+,28+,35-/m1/s1. The first-order valence-electron chi connectivity index (χ1n) is 17.6. The SMILES string of the molecule is CC(C)n1nc(O[C@@H]2C[C@H]3C(=O)N[C@]4(C(=O)NS(=O)(=O)C5CC5)C[C@H]4C=CCC[C@@H](C)C[C@@H](C)[C@H](NC(=O)O)C(=O)N3C2)c2ccccc2c1=O. The lowest BCUT2D eigenvalue weighted by molar-refractivity contribution is -0.142. The maximum Gasteiger partial charge on any atom is 0.405 e. The summed E-state index contributed by atoms with van der Waals surface area (Å²) in [5.41, 5.74) is -1.85. The van der Waals surface area contributed by atoms with Gasteiger partial charge in [0.2, 0.25) is 27.7 Å². The number of nitrogens with zero attached hydrogens (tertiary/aromatic N) is 3. The molecular weight excluding hydrogens is 680 g/mol. The number of fused-ring (bicyclic) bond motifs is 3. The molecule has 4 aliphatic rings. The number of carboxylic acid groups (broad SMARTS) is 1. The summed E-state index contributed by atoms with van der Waals surface area (Å²) in [6.45, 7) is 7.31. The minimum Gasteiger partial charge on any atom is -0.471 e. The Morgan fingerprint density at radius 2 is 1.78 bits per heavy atom. The van der Waals surface area contributed by atoms with E-state index in [4.69, 9.17) is 4.74 Å². The number of allylic oxidation sites excluding steroid dienone is 1. The van der Waals surface area contributed by atoms with Crippen LogP contribution in [0.15, 0.2) is 41.2 Å². The van der Waals surface area contributed by atoms with Gasteiger partial charge in [0, 0.05) is 12.3 Å². The molecule has 2 saturated carbocycles. The smallest absolute Gasteiger partial charge is 0.405 e. The second kappa shape index (κ2) is 13.9. The van der Waals surface area contributed by atoms with E-state index in [0.717, 1.165) is 6.42 Å². The van der Waals surface area contributed by atoms with Crippen LogP contribution in [0.3, 0.4) is 0 Å². The predicted octanol–water partition coefficient (Wildman–Crippen LogP) is 2.46. The minimum atomic E-state index is -3.92. The number of nitrogens with one attached hydrogen (secondary N) is 3. The Morgan fingerprint density at radius 3 is 2.45 bits per heavy atom. The highest BCUT2D eigenvalue weighted by molar-refractivity contribution is 7.91. The van der Waals surface area contributed by atoms with Crippen molar-refractivity contribution in [3.05, 3.63) is 46.8 Å². The van der Waals surface area contributed by atoms with Gasteiger partial charge in [0.25, 0.3) is 11.5 Å². The lowest BCUT2D eigenvalue weighted by atomic mass is 9.88. The van der Waals surface area contributed by atoms with Crippen molar-refractivity contribution in [3.8, 4) is 5.88 Å². The van der Waals surface area contributed by atoms with Crippen LogP contribution >= 0.6 is 0 Å². The number of sulfonamides is 1. The summed E-state index contributed by atoms with van der Waals surface area (Å²) in [5.74, 6) is -2.80. The summed E-state index contributed by atoms with van der Waals surface area (Å²) >= 11 is 0. The summed E-state index contributed by atoms with van der Waals surface area (Å²) in [7, 11) is -3.92. The number of ether oxygens (including phenoxy) is 1. The zero-order valence-corrected chi connectivity index (χ0v) is 30.0. The third-order valence-electron chi connectivity index (χ3n) is 10.5. The van der Waals surface area contributed by atoms with Gasteiger partial charge in [-0.25, -0.2) is 17.9 Å². The fourth-order valence-corrected chi connectivity index (χ4v) is 8.77. The van der Waals surface area contributed by atoms with Gasteiger partial charge in [-0.2, -0.15) is 0 Å². The Labute approximate surface area is 296 Å². The van der Waals surface area contributed by atoms with Crippen LogP contribution in [-0.4, -0.2) is 87.5 Å². The van der Waals surface area contributed by atoms with E-state index in [1.54, 1.807) is 31.2 Å². The number of carbonyl (C=O) groups excluding carboxylic acids is 3. The lowest BCUT2D eigenvalue weighted by Crippen LogP contribution is -2.59. The van der Waals surface area contributed by atoms with Crippen LogP contribution in [0.5, 0.6) is 5.88 Å². The van der Waals surface area contributed by atoms with Crippen molar-refractivity contribution in [1.29, 1.82) is 0 Å². The fourth-order valence-electron chi connectivity index (χ4n) is 7.40. The average molecular weight is 727 g/mol. The molecule has 3 fully saturated rings. The lowest BCUT2D eigenvalue weighted by Gasteiger charge is -2.32. The van der Waals surface area contributed by atoms with E-state index in [9.17, 15) is 37.5 Å². The van der Waals surface area contributed by atoms with Crippen LogP contribution in [-0.2, 0) is 24.4 Å². The molecule has 16 heteroatoms. The van der Waals surface area contributed by atoms with E-state index in [-0.39, 0.29) is 42.8 Å². The molecule has 2 aliphatic heterocycles. The molecular formula is C35H46N6O9S. The van der Waals surface area contributed by atoms with Crippen molar-refractivity contribution in [2.24, 2.45) is 17.8 Å². The van der Waals surface area contributed by atoms with Gasteiger partial charge in [-0.05, 0) is 76.3 Å². The predicted molar refractivity (Wildman–Crippen MR) is 186 cm³/mol. The zero-order valence-electron chi connectivity index (χ0n) is 29.2. The van der Waals surface area contributed by atoms with Crippen molar-refractivity contribution in [2.75, 3.05) is 6.54 Å². The molecule has 0 bridgehead atoms. The number of hydrogen-bond acceptors (Lipinski definition) is 9. The van der Waals surface area contributed by atoms with Gasteiger partial charge >= 0.3 is 6.09 Å². The average Bonchev–Trinajstić information content (AvgIpc) is 3.99. The van der Waals surface area contributed by atoms with E-state index in [0.29, 0.717) is 36.5 Å². The topological polar surface area (TPSA) is 206 Å². The fraction of sp³-hybridized carbons (Fsp3) is 0.600. The molecule has 1 aromatic carbocycles. The Kier molecular flexibility index (Phi) is 9.92. The first-order valence-corrected chi connectivity index (χ1v) is 19.2. The van der Waals surface area contributed by atoms with Crippen LogP contribution in [0, 0.1) is 17.8 Å². The van der Waals surface area contributed by atoms with Gasteiger partial charge in [0.15, 0.2) is 0 Å². The molecule has 6 rings (SSSR count). The first kappa shape index (κ1) is 36.3. The summed E-state index contributed by atoms with van der Waals surface area (Å²) in [5, 5.41) is 19.6. The molecule has 3 heterocycles. The normalized spacial score (nSPS) is 30.1. The highest BCUT2D eigenvalue weighted by Crippen LogP contribution is 2.46. The van der Waals surface area contributed by atoms with E-state index >= 15 is 0 Å². The third kappa shape index (κ3) is 7.46. The van der Waals surface area contributed by atoms with Gasteiger partial charge in [-0.1, -0.05) is 38.1 Å². The number of amides is 4. The van der Waals surface area contributed by atoms with E-state index in [1.807, 2.05) is 32.9 Å².